The van der Waals surface area contributed by atoms with Crippen LogP contribution in [0, 0.1) is 0 Å². The van der Waals surface area contributed by atoms with Gasteiger partial charge in [0, 0.05) is 24.7 Å². The number of ether oxygens (including phenoxy) is 1. The summed E-state index contributed by atoms with van der Waals surface area (Å²) in [5.41, 5.74) is 1.89. The molecule has 7 nitrogen and oxygen atoms in total. The Morgan fingerprint density at radius 1 is 1.31 bits per heavy atom. The molecule has 140 valence electrons. The van der Waals surface area contributed by atoms with E-state index in [2.05, 4.69) is 24.1 Å². The molecule has 2 aromatic rings. The van der Waals surface area contributed by atoms with E-state index in [4.69, 9.17) is 9.84 Å². The Balaban J connectivity index is 2.06. The SMILES string of the molecule is COCCN(Cc1nc(C(=O)O)cs1)C(=O)Nc1ccc(C(C)C)cc1. The highest BCUT2D eigenvalue weighted by molar-refractivity contribution is 7.09. The van der Waals surface area contributed by atoms with Crippen LogP contribution in [0.1, 0.15) is 40.8 Å². The lowest BCUT2D eigenvalue weighted by Crippen LogP contribution is -2.36. The largest absolute Gasteiger partial charge is 0.476 e. The lowest BCUT2D eigenvalue weighted by atomic mass is 10.0. The average molecular weight is 377 g/mol. The Morgan fingerprint density at radius 2 is 2.00 bits per heavy atom. The van der Waals surface area contributed by atoms with Gasteiger partial charge in [-0.25, -0.2) is 14.6 Å². The van der Waals surface area contributed by atoms with Gasteiger partial charge in [0.05, 0.1) is 13.2 Å². The summed E-state index contributed by atoms with van der Waals surface area (Å²) >= 11 is 1.21. The molecule has 0 fully saturated rings. The van der Waals surface area contributed by atoms with Gasteiger partial charge in [0.15, 0.2) is 5.69 Å². The zero-order valence-corrected chi connectivity index (χ0v) is 15.9. The highest BCUT2D eigenvalue weighted by Gasteiger charge is 2.17. The van der Waals surface area contributed by atoms with Crippen molar-refractivity contribution < 1.29 is 19.4 Å². The summed E-state index contributed by atoms with van der Waals surface area (Å²) in [7, 11) is 1.56. The summed E-state index contributed by atoms with van der Waals surface area (Å²) in [5.74, 6) is -0.656. The monoisotopic (exact) mass is 377 g/mol. The molecule has 0 bridgehead atoms. The fourth-order valence-electron chi connectivity index (χ4n) is 2.25. The molecule has 26 heavy (non-hydrogen) atoms. The van der Waals surface area contributed by atoms with Gasteiger partial charge in [0.1, 0.15) is 5.01 Å². The third kappa shape index (κ3) is 5.53. The van der Waals surface area contributed by atoms with Crippen LogP contribution in [0.4, 0.5) is 10.5 Å². The molecule has 0 aliphatic heterocycles. The molecule has 0 saturated heterocycles. The Kier molecular flexibility index (Phi) is 7.11. The summed E-state index contributed by atoms with van der Waals surface area (Å²) < 4.78 is 5.06. The van der Waals surface area contributed by atoms with Gasteiger partial charge in [-0.2, -0.15) is 0 Å². The number of nitrogens with one attached hydrogen (secondary N) is 1. The molecule has 1 heterocycles. The molecule has 0 radical (unpaired) electrons. The van der Waals surface area contributed by atoms with Crippen molar-refractivity contribution in [1.82, 2.24) is 9.88 Å². The number of hydrogen-bond acceptors (Lipinski definition) is 5. The topological polar surface area (TPSA) is 91.8 Å². The number of nitrogens with zero attached hydrogens (tertiary/aromatic N) is 2. The van der Waals surface area contributed by atoms with Gasteiger partial charge in [-0.15, -0.1) is 11.3 Å². The highest BCUT2D eigenvalue weighted by atomic mass is 32.1. The zero-order chi connectivity index (χ0) is 19.1. The van der Waals surface area contributed by atoms with E-state index in [1.54, 1.807) is 12.0 Å². The molecular weight excluding hydrogens is 354 g/mol. The first kappa shape index (κ1) is 19.9. The minimum atomic E-state index is -1.08. The Bertz CT molecular complexity index is 743. The number of thiazole rings is 1. The van der Waals surface area contributed by atoms with Crippen LogP contribution in [0.25, 0.3) is 0 Å². The summed E-state index contributed by atoms with van der Waals surface area (Å²) in [4.78, 5) is 29.1. The minimum Gasteiger partial charge on any atom is -0.476 e. The second-order valence-electron chi connectivity index (χ2n) is 6.05. The predicted molar refractivity (Wildman–Crippen MR) is 101 cm³/mol. The number of aromatic carboxylic acids is 1. The number of methoxy groups -OCH3 is 1. The number of hydrogen-bond donors (Lipinski definition) is 2. The van der Waals surface area contributed by atoms with Crippen molar-refractivity contribution >= 4 is 29.0 Å². The molecule has 2 rings (SSSR count). The predicted octanol–water partition coefficient (Wildman–Crippen LogP) is 3.65. The molecular formula is C18H23N3O4S. The molecule has 2 N–H and O–H groups in total. The first-order valence-corrected chi connectivity index (χ1v) is 9.11. The third-order valence-electron chi connectivity index (χ3n) is 3.78. The fourth-order valence-corrected chi connectivity index (χ4v) is 3.04. The lowest BCUT2D eigenvalue weighted by Gasteiger charge is -2.22. The van der Waals surface area contributed by atoms with E-state index in [1.165, 1.54) is 22.3 Å². The molecule has 0 spiro atoms. The van der Waals surface area contributed by atoms with Gasteiger partial charge in [0.2, 0.25) is 0 Å². The standard InChI is InChI=1S/C18H23N3O4S/c1-12(2)13-4-6-14(7-5-13)19-18(24)21(8-9-25-3)10-16-20-15(11-26-16)17(22)23/h4-7,11-12H,8-10H2,1-3H3,(H,19,24)(H,22,23). The van der Waals surface area contributed by atoms with Crippen LogP contribution < -0.4 is 5.32 Å². The number of carboxylic acid groups (broad SMARTS) is 1. The van der Waals surface area contributed by atoms with Crippen LogP contribution >= 0.6 is 11.3 Å². The Hall–Kier alpha value is -2.45. The van der Waals surface area contributed by atoms with Gasteiger partial charge >= 0.3 is 12.0 Å². The van der Waals surface area contributed by atoms with Crippen LogP contribution in [-0.4, -0.2) is 47.3 Å². The number of anilines is 1. The van der Waals surface area contributed by atoms with Crippen LogP contribution in [0.3, 0.4) is 0 Å². The van der Waals surface area contributed by atoms with E-state index in [0.29, 0.717) is 29.8 Å². The van der Waals surface area contributed by atoms with Crippen LogP contribution in [-0.2, 0) is 11.3 Å². The van der Waals surface area contributed by atoms with Crippen molar-refractivity contribution in [2.24, 2.45) is 0 Å². The summed E-state index contributed by atoms with van der Waals surface area (Å²) in [5, 5.41) is 13.9. The average Bonchev–Trinajstić information content (AvgIpc) is 3.08. The van der Waals surface area contributed by atoms with Crippen LogP contribution in [0.5, 0.6) is 0 Å². The lowest BCUT2D eigenvalue weighted by molar-refractivity contribution is 0.0691. The van der Waals surface area contributed by atoms with E-state index in [0.717, 1.165) is 0 Å². The number of carboxylic acids is 1. The molecule has 1 aromatic heterocycles. The second kappa shape index (κ2) is 9.30. The zero-order valence-electron chi connectivity index (χ0n) is 15.1. The van der Waals surface area contributed by atoms with Crippen molar-refractivity contribution in [2.75, 3.05) is 25.6 Å². The summed E-state index contributed by atoms with van der Waals surface area (Å²) in [6.45, 7) is 5.18. The van der Waals surface area contributed by atoms with E-state index < -0.39 is 5.97 Å². The van der Waals surface area contributed by atoms with Crippen LogP contribution in [0.15, 0.2) is 29.6 Å². The summed E-state index contributed by atoms with van der Waals surface area (Å²) in [6.07, 6.45) is 0. The number of amides is 2. The summed E-state index contributed by atoms with van der Waals surface area (Å²) in [6, 6.07) is 7.42. The second-order valence-corrected chi connectivity index (χ2v) is 7.00. The maximum Gasteiger partial charge on any atom is 0.355 e. The quantitative estimate of drug-likeness (QED) is 0.733. The van der Waals surface area contributed by atoms with Gasteiger partial charge in [-0.05, 0) is 23.6 Å². The molecule has 2 amide bonds. The molecule has 1 aromatic carbocycles. The number of aromatic nitrogens is 1. The Morgan fingerprint density at radius 3 is 2.54 bits per heavy atom. The number of urea groups is 1. The van der Waals surface area contributed by atoms with E-state index in [1.807, 2.05) is 24.3 Å². The molecule has 0 aliphatic rings. The maximum absolute atomic E-state index is 12.6. The van der Waals surface area contributed by atoms with Crippen molar-refractivity contribution in [1.29, 1.82) is 0 Å². The molecule has 0 aliphatic carbocycles. The minimum absolute atomic E-state index is 0.0126. The molecule has 8 heteroatoms. The number of carbonyl (C=O) groups excluding carboxylic acids is 1. The smallest absolute Gasteiger partial charge is 0.355 e. The molecule has 0 saturated carbocycles. The fraction of sp³-hybridized carbons (Fsp3) is 0.389. The van der Waals surface area contributed by atoms with E-state index in [9.17, 15) is 9.59 Å². The van der Waals surface area contributed by atoms with Gasteiger partial charge in [-0.3, -0.25) is 0 Å². The number of carbonyl (C=O) groups is 2. The maximum atomic E-state index is 12.6. The first-order valence-electron chi connectivity index (χ1n) is 8.23. The molecule has 0 unspecified atom stereocenters. The number of benzene rings is 1. The van der Waals surface area contributed by atoms with Crippen molar-refractivity contribution in [3.8, 4) is 0 Å². The van der Waals surface area contributed by atoms with Gasteiger partial charge in [0.25, 0.3) is 0 Å². The van der Waals surface area contributed by atoms with E-state index >= 15 is 0 Å². The van der Waals surface area contributed by atoms with E-state index in [-0.39, 0.29) is 18.3 Å². The van der Waals surface area contributed by atoms with Crippen molar-refractivity contribution in [3.05, 3.63) is 45.9 Å². The number of rotatable bonds is 8. The Labute approximate surface area is 156 Å². The first-order chi connectivity index (χ1) is 12.4. The van der Waals surface area contributed by atoms with Gasteiger partial charge in [-0.1, -0.05) is 26.0 Å². The third-order valence-corrected chi connectivity index (χ3v) is 4.61. The van der Waals surface area contributed by atoms with Crippen molar-refractivity contribution in [2.45, 2.75) is 26.3 Å². The van der Waals surface area contributed by atoms with Crippen LogP contribution in [0.2, 0.25) is 0 Å². The normalized spacial score (nSPS) is 10.8. The van der Waals surface area contributed by atoms with Crippen molar-refractivity contribution in [3.63, 3.8) is 0 Å². The highest BCUT2D eigenvalue weighted by Crippen LogP contribution is 2.18. The van der Waals surface area contributed by atoms with Gasteiger partial charge < -0.3 is 20.1 Å². The molecule has 0 atom stereocenters.